The Morgan fingerprint density at radius 2 is 2.14 bits per heavy atom. The van der Waals surface area contributed by atoms with Crippen molar-refractivity contribution in [3.8, 4) is 0 Å². The third-order valence-corrected chi connectivity index (χ3v) is 0.550. The Balaban J connectivity index is 2.97. The molecule has 0 aromatic carbocycles. The van der Waals surface area contributed by atoms with Crippen LogP contribution in [0.4, 0.5) is 8.63 Å². The van der Waals surface area contributed by atoms with Gasteiger partial charge in [-0.2, -0.15) is 0 Å². The molecule has 0 nitrogen and oxygen atoms in total. The van der Waals surface area contributed by atoms with Crippen LogP contribution in [-0.2, 0) is 0 Å². The van der Waals surface area contributed by atoms with Crippen molar-refractivity contribution in [3.63, 3.8) is 0 Å². The van der Waals surface area contributed by atoms with Crippen molar-refractivity contribution in [1.29, 1.82) is 0 Å². The summed E-state index contributed by atoms with van der Waals surface area (Å²) in [6.07, 6.45) is 2.95. The van der Waals surface area contributed by atoms with Crippen LogP contribution in [0.25, 0.3) is 0 Å². The van der Waals surface area contributed by atoms with Crippen molar-refractivity contribution in [3.05, 3.63) is 12.2 Å². The van der Waals surface area contributed by atoms with E-state index in [1.54, 1.807) is 13.0 Å². The number of hydrogen-bond acceptors (Lipinski definition) is 0. The summed E-state index contributed by atoms with van der Waals surface area (Å²) in [7, 11) is -2.18. The smallest absolute Gasteiger partial charge is 0.287 e. The highest BCUT2D eigenvalue weighted by Crippen LogP contribution is 1.94. The molecule has 0 aliphatic carbocycles. The Hall–Kier alpha value is -0.335. The van der Waals surface area contributed by atoms with Gasteiger partial charge in [-0.25, -0.2) is 0 Å². The summed E-state index contributed by atoms with van der Waals surface area (Å²) in [4.78, 5) is 0. The molecule has 0 saturated heterocycles. The summed E-state index contributed by atoms with van der Waals surface area (Å²) in [5.74, 6) is 0. The maximum Gasteiger partial charge on any atom is 0.541 e. The minimum absolute atomic E-state index is 0.115. The van der Waals surface area contributed by atoms with Gasteiger partial charge in [0, 0.05) is 6.32 Å². The van der Waals surface area contributed by atoms with E-state index in [9.17, 15) is 8.63 Å². The van der Waals surface area contributed by atoms with Crippen molar-refractivity contribution in [1.82, 2.24) is 0 Å². The van der Waals surface area contributed by atoms with Gasteiger partial charge in [0.25, 0.3) is 0 Å². The van der Waals surface area contributed by atoms with Gasteiger partial charge < -0.3 is 0 Å². The molecule has 0 radical (unpaired) electrons. The van der Waals surface area contributed by atoms with Gasteiger partial charge in [-0.1, -0.05) is 12.2 Å². The van der Waals surface area contributed by atoms with Gasteiger partial charge in [-0.3, -0.25) is 8.63 Å². The highest BCUT2D eigenvalue weighted by molar-refractivity contribution is 6.43. The second-order valence-corrected chi connectivity index (χ2v) is 1.20. The van der Waals surface area contributed by atoms with E-state index in [0.717, 1.165) is 0 Å². The van der Waals surface area contributed by atoms with Gasteiger partial charge in [-0.15, -0.1) is 0 Å². The zero-order valence-corrected chi connectivity index (χ0v) is 4.20. The van der Waals surface area contributed by atoms with Crippen molar-refractivity contribution in [2.45, 2.75) is 13.2 Å². The fraction of sp³-hybridized carbons (Fsp3) is 0.500. The molecular weight excluding hydrogens is 96.9 g/mol. The van der Waals surface area contributed by atoms with Gasteiger partial charge >= 0.3 is 7.27 Å². The SMILES string of the molecule is CC=CCB(F)F. The minimum Gasteiger partial charge on any atom is -0.287 e. The summed E-state index contributed by atoms with van der Waals surface area (Å²) in [5.41, 5.74) is 0. The fourth-order valence-corrected chi connectivity index (χ4v) is 0.239. The molecule has 0 spiro atoms. The van der Waals surface area contributed by atoms with Crippen LogP contribution in [-0.4, -0.2) is 7.27 Å². The monoisotopic (exact) mass is 104 g/mol. The molecular formula is C4H7BF2. The molecule has 0 bridgehead atoms. The topological polar surface area (TPSA) is 0 Å². The second-order valence-electron chi connectivity index (χ2n) is 1.20. The first-order valence-electron chi connectivity index (χ1n) is 2.16. The molecule has 0 fully saturated rings. The lowest BCUT2D eigenvalue weighted by atomic mass is 9.93. The van der Waals surface area contributed by atoms with E-state index >= 15 is 0 Å². The lowest BCUT2D eigenvalue weighted by Gasteiger charge is -1.79. The van der Waals surface area contributed by atoms with Crippen molar-refractivity contribution in [2.24, 2.45) is 0 Å². The average molecular weight is 104 g/mol. The van der Waals surface area contributed by atoms with Crippen LogP contribution in [0.1, 0.15) is 6.92 Å². The summed E-state index contributed by atoms with van der Waals surface area (Å²) >= 11 is 0. The Labute approximate surface area is 42.4 Å². The first-order valence-corrected chi connectivity index (χ1v) is 2.16. The first-order chi connectivity index (χ1) is 3.27. The Kier molecular flexibility index (Phi) is 3.66. The van der Waals surface area contributed by atoms with Crippen LogP contribution in [0.15, 0.2) is 12.2 Å². The summed E-state index contributed by atoms with van der Waals surface area (Å²) in [5, 5.41) is 0. The van der Waals surface area contributed by atoms with Gasteiger partial charge in [-0.05, 0) is 6.92 Å². The predicted molar refractivity (Wildman–Crippen MR) is 27.6 cm³/mol. The zero-order valence-electron chi connectivity index (χ0n) is 4.20. The summed E-state index contributed by atoms with van der Waals surface area (Å²) in [6, 6.07) is 0. The van der Waals surface area contributed by atoms with Gasteiger partial charge in [0.15, 0.2) is 0 Å². The molecule has 0 amide bonds. The molecule has 0 aliphatic heterocycles. The lowest BCUT2D eigenvalue weighted by Crippen LogP contribution is -1.90. The van der Waals surface area contributed by atoms with Crippen LogP contribution >= 0.6 is 0 Å². The van der Waals surface area contributed by atoms with Crippen LogP contribution in [0.5, 0.6) is 0 Å². The molecule has 0 unspecified atom stereocenters. The molecule has 0 N–H and O–H groups in total. The highest BCUT2D eigenvalue weighted by atomic mass is 19.2. The van der Waals surface area contributed by atoms with Crippen molar-refractivity contribution in [2.75, 3.05) is 0 Å². The molecule has 0 heterocycles. The van der Waals surface area contributed by atoms with Crippen LogP contribution in [0.3, 0.4) is 0 Å². The molecule has 0 aromatic heterocycles. The molecule has 0 saturated carbocycles. The number of halogens is 2. The largest absolute Gasteiger partial charge is 0.541 e. The summed E-state index contributed by atoms with van der Waals surface area (Å²) in [6.45, 7) is 1.72. The second kappa shape index (κ2) is 3.84. The van der Waals surface area contributed by atoms with Crippen molar-refractivity contribution < 1.29 is 8.63 Å². The fourth-order valence-electron chi connectivity index (χ4n) is 0.239. The number of hydrogen-bond donors (Lipinski definition) is 0. The highest BCUT2D eigenvalue weighted by Gasteiger charge is 2.06. The van der Waals surface area contributed by atoms with E-state index in [2.05, 4.69) is 0 Å². The maximum absolute atomic E-state index is 11.2. The van der Waals surface area contributed by atoms with E-state index in [1.165, 1.54) is 6.08 Å². The summed E-state index contributed by atoms with van der Waals surface area (Å²) < 4.78 is 22.3. The molecule has 0 aromatic rings. The maximum atomic E-state index is 11.2. The third-order valence-electron chi connectivity index (χ3n) is 0.550. The normalized spacial score (nSPS) is 10.1. The Bertz CT molecular complexity index is 60.7. The van der Waals surface area contributed by atoms with Gasteiger partial charge in [0.1, 0.15) is 0 Å². The van der Waals surface area contributed by atoms with Crippen LogP contribution < -0.4 is 0 Å². The minimum atomic E-state index is -2.18. The van der Waals surface area contributed by atoms with E-state index in [-0.39, 0.29) is 6.32 Å². The van der Waals surface area contributed by atoms with E-state index < -0.39 is 7.27 Å². The molecule has 0 atom stereocenters. The molecule has 3 heteroatoms. The van der Waals surface area contributed by atoms with Crippen LogP contribution in [0, 0.1) is 0 Å². The Morgan fingerprint density at radius 1 is 1.57 bits per heavy atom. The zero-order chi connectivity index (χ0) is 5.70. The third kappa shape index (κ3) is 5.66. The van der Waals surface area contributed by atoms with Gasteiger partial charge in [0.05, 0.1) is 0 Å². The van der Waals surface area contributed by atoms with Crippen molar-refractivity contribution >= 4 is 7.27 Å². The predicted octanol–water partition coefficient (Wildman–Crippen LogP) is 1.99. The Morgan fingerprint density at radius 3 is 2.29 bits per heavy atom. The quantitative estimate of drug-likeness (QED) is 0.371. The molecule has 7 heavy (non-hydrogen) atoms. The van der Waals surface area contributed by atoms with Gasteiger partial charge in [0.2, 0.25) is 0 Å². The first kappa shape index (κ1) is 6.66. The van der Waals surface area contributed by atoms with E-state index in [0.29, 0.717) is 0 Å². The van der Waals surface area contributed by atoms with E-state index in [1.807, 2.05) is 0 Å². The standard InChI is InChI=1S/C4H7BF2/c1-2-3-4-5(6)7/h2-3H,4H2,1H3. The number of rotatable bonds is 2. The van der Waals surface area contributed by atoms with Crippen LogP contribution in [0.2, 0.25) is 6.32 Å². The number of allylic oxidation sites excluding steroid dienone is 2. The molecule has 0 aliphatic rings. The lowest BCUT2D eigenvalue weighted by molar-refractivity contribution is 0.663. The molecule has 0 rings (SSSR count). The van der Waals surface area contributed by atoms with E-state index in [4.69, 9.17) is 0 Å². The molecule has 40 valence electrons. The average Bonchev–Trinajstić information content (AvgIpc) is 1.61.